The van der Waals surface area contributed by atoms with Crippen LogP contribution >= 0.6 is 0 Å². The summed E-state index contributed by atoms with van der Waals surface area (Å²) in [6.45, 7) is 9.74. The Labute approximate surface area is 110 Å². The van der Waals surface area contributed by atoms with E-state index in [1.807, 2.05) is 13.0 Å². The fourth-order valence-corrected chi connectivity index (χ4v) is 1.95. The highest BCUT2D eigenvalue weighted by atomic mass is 19.1. The summed E-state index contributed by atoms with van der Waals surface area (Å²) in [7, 11) is 0. The highest BCUT2D eigenvalue weighted by Crippen LogP contribution is 2.09. The predicted molar refractivity (Wildman–Crippen MR) is 73.3 cm³/mol. The molecule has 0 aromatic heterocycles. The molecule has 1 N–H and O–H groups in total. The van der Waals surface area contributed by atoms with Crippen LogP contribution in [0.15, 0.2) is 24.3 Å². The maximum atomic E-state index is 13.1. The minimum Gasteiger partial charge on any atom is -0.375 e. The Balaban J connectivity index is 2.40. The van der Waals surface area contributed by atoms with Crippen LogP contribution in [-0.2, 0) is 11.2 Å². The van der Waals surface area contributed by atoms with E-state index in [1.54, 1.807) is 12.1 Å². The predicted octanol–water partition coefficient (Wildman–Crippen LogP) is 3.16. The summed E-state index contributed by atoms with van der Waals surface area (Å²) < 4.78 is 18.7. The van der Waals surface area contributed by atoms with Crippen LogP contribution in [0.1, 0.15) is 33.3 Å². The van der Waals surface area contributed by atoms with Gasteiger partial charge in [0.05, 0.1) is 5.60 Å². The molecule has 0 saturated heterocycles. The lowest BCUT2D eigenvalue weighted by Gasteiger charge is -2.27. The fraction of sp³-hybridized carbons (Fsp3) is 0.600. The van der Waals surface area contributed by atoms with Gasteiger partial charge in [0, 0.05) is 19.2 Å². The van der Waals surface area contributed by atoms with Gasteiger partial charge in [-0.05, 0) is 51.8 Å². The first-order chi connectivity index (χ1) is 8.43. The van der Waals surface area contributed by atoms with Gasteiger partial charge >= 0.3 is 0 Å². The summed E-state index contributed by atoms with van der Waals surface area (Å²) in [4.78, 5) is 0. The van der Waals surface area contributed by atoms with Gasteiger partial charge in [-0.2, -0.15) is 0 Å². The molecule has 1 atom stereocenters. The van der Waals surface area contributed by atoms with Crippen LogP contribution in [0.2, 0.25) is 0 Å². The molecule has 1 aromatic rings. The average Bonchev–Trinajstić information content (AvgIpc) is 2.26. The van der Waals surface area contributed by atoms with Crippen LogP contribution in [0, 0.1) is 5.82 Å². The van der Waals surface area contributed by atoms with Crippen molar-refractivity contribution < 1.29 is 9.13 Å². The van der Waals surface area contributed by atoms with Gasteiger partial charge < -0.3 is 10.1 Å². The van der Waals surface area contributed by atoms with E-state index in [-0.39, 0.29) is 11.4 Å². The summed E-state index contributed by atoms with van der Waals surface area (Å²) in [5.41, 5.74) is 0.856. The van der Waals surface area contributed by atoms with Gasteiger partial charge in [-0.15, -0.1) is 0 Å². The quantitative estimate of drug-likeness (QED) is 0.806. The lowest BCUT2D eigenvalue weighted by molar-refractivity contribution is -0.0102. The maximum absolute atomic E-state index is 13.1. The van der Waals surface area contributed by atoms with Gasteiger partial charge in [0.2, 0.25) is 0 Å². The van der Waals surface area contributed by atoms with Crippen molar-refractivity contribution in [3.63, 3.8) is 0 Å². The zero-order valence-corrected chi connectivity index (χ0v) is 11.8. The third-order valence-corrected chi connectivity index (χ3v) is 2.84. The number of hydrogen-bond acceptors (Lipinski definition) is 2. The Hall–Kier alpha value is -0.930. The molecule has 0 aliphatic heterocycles. The molecule has 0 heterocycles. The molecule has 1 unspecified atom stereocenters. The van der Waals surface area contributed by atoms with Crippen LogP contribution in [0.4, 0.5) is 4.39 Å². The maximum Gasteiger partial charge on any atom is 0.123 e. The molecule has 2 nitrogen and oxygen atoms in total. The highest BCUT2D eigenvalue weighted by Gasteiger charge is 2.18. The molecule has 18 heavy (non-hydrogen) atoms. The minimum absolute atomic E-state index is 0.162. The second kappa shape index (κ2) is 6.86. The molecular formula is C15H24FNO. The van der Waals surface area contributed by atoms with Gasteiger partial charge in [-0.1, -0.05) is 12.1 Å². The summed E-state index contributed by atoms with van der Waals surface area (Å²) in [6, 6.07) is 7.06. The van der Waals surface area contributed by atoms with Crippen molar-refractivity contribution in [2.45, 2.75) is 45.8 Å². The number of nitrogens with one attached hydrogen (secondary N) is 1. The van der Waals surface area contributed by atoms with Crippen molar-refractivity contribution in [2.75, 3.05) is 13.2 Å². The van der Waals surface area contributed by atoms with Crippen molar-refractivity contribution in [1.82, 2.24) is 5.32 Å². The standard InChI is InChI=1S/C15H24FNO/c1-5-18-15(3,4)11-17-12(2)9-13-7-6-8-14(16)10-13/h6-8,10,12,17H,5,9,11H2,1-4H3. The zero-order chi connectivity index (χ0) is 13.6. The Bertz CT molecular complexity index is 365. The van der Waals surface area contributed by atoms with Crippen molar-refractivity contribution >= 4 is 0 Å². The SMILES string of the molecule is CCOC(C)(C)CNC(C)Cc1cccc(F)c1. The number of benzene rings is 1. The molecule has 0 aliphatic carbocycles. The van der Waals surface area contributed by atoms with Gasteiger partial charge in [-0.25, -0.2) is 4.39 Å². The summed E-state index contributed by atoms with van der Waals surface area (Å²) in [5, 5.41) is 3.43. The van der Waals surface area contributed by atoms with E-state index in [1.165, 1.54) is 6.07 Å². The van der Waals surface area contributed by atoms with Crippen LogP contribution in [0.25, 0.3) is 0 Å². The molecule has 0 bridgehead atoms. The second-order valence-electron chi connectivity index (χ2n) is 5.31. The Morgan fingerprint density at radius 1 is 1.39 bits per heavy atom. The van der Waals surface area contributed by atoms with Gasteiger partial charge in [0.1, 0.15) is 5.82 Å². The van der Waals surface area contributed by atoms with Crippen molar-refractivity contribution in [2.24, 2.45) is 0 Å². The largest absolute Gasteiger partial charge is 0.375 e. The van der Waals surface area contributed by atoms with Crippen LogP contribution in [0.3, 0.4) is 0 Å². The van der Waals surface area contributed by atoms with E-state index in [4.69, 9.17) is 4.74 Å². The number of rotatable bonds is 7. The second-order valence-corrected chi connectivity index (χ2v) is 5.31. The van der Waals surface area contributed by atoms with Crippen LogP contribution < -0.4 is 5.32 Å². The summed E-state index contributed by atoms with van der Waals surface area (Å²) >= 11 is 0. The molecule has 102 valence electrons. The fourth-order valence-electron chi connectivity index (χ4n) is 1.95. The molecule has 0 saturated carbocycles. The minimum atomic E-state index is -0.172. The van der Waals surface area contributed by atoms with E-state index in [2.05, 4.69) is 26.1 Å². The monoisotopic (exact) mass is 253 g/mol. The lowest BCUT2D eigenvalue weighted by atomic mass is 10.1. The molecule has 1 aromatic carbocycles. The Morgan fingerprint density at radius 2 is 2.11 bits per heavy atom. The van der Waals surface area contributed by atoms with E-state index in [0.717, 1.165) is 18.5 Å². The van der Waals surface area contributed by atoms with Crippen molar-refractivity contribution in [3.8, 4) is 0 Å². The molecule has 0 spiro atoms. The van der Waals surface area contributed by atoms with E-state index in [9.17, 15) is 4.39 Å². The third kappa shape index (κ3) is 5.61. The first-order valence-corrected chi connectivity index (χ1v) is 6.55. The van der Waals surface area contributed by atoms with Crippen LogP contribution in [0.5, 0.6) is 0 Å². The molecule has 0 aliphatic rings. The van der Waals surface area contributed by atoms with E-state index < -0.39 is 0 Å². The van der Waals surface area contributed by atoms with Crippen LogP contribution in [-0.4, -0.2) is 24.8 Å². The molecule has 1 rings (SSSR count). The molecule has 0 fully saturated rings. The van der Waals surface area contributed by atoms with E-state index in [0.29, 0.717) is 12.6 Å². The van der Waals surface area contributed by atoms with Gasteiger partial charge in [0.15, 0.2) is 0 Å². The summed E-state index contributed by atoms with van der Waals surface area (Å²) in [6.07, 6.45) is 0.819. The van der Waals surface area contributed by atoms with Gasteiger partial charge in [-0.3, -0.25) is 0 Å². The number of hydrogen-bond donors (Lipinski definition) is 1. The Kier molecular flexibility index (Phi) is 5.76. The van der Waals surface area contributed by atoms with Crippen molar-refractivity contribution in [3.05, 3.63) is 35.6 Å². The lowest BCUT2D eigenvalue weighted by Crippen LogP contribution is -2.42. The normalized spacial score (nSPS) is 13.6. The molecule has 3 heteroatoms. The molecule has 0 radical (unpaired) electrons. The first kappa shape index (κ1) is 15.1. The smallest absolute Gasteiger partial charge is 0.123 e. The zero-order valence-electron chi connectivity index (χ0n) is 11.8. The topological polar surface area (TPSA) is 21.3 Å². The number of ether oxygens (including phenoxy) is 1. The summed E-state index contributed by atoms with van der Waals surface area (Å²) in [5.74, 6) is -0.172. The number of halogens is 1. The average molecular weight is 253 g/mol. The van der Waals surface area contributed by atoms with Gasteiger partial charge in [0.25, 0.3) is 0 Å². The molecule has 0 amide bonds. The van der Waals surface area contributed by atoms with Crippen molar-refractivity contribution in [1.29, 1.82) is 0 Å². The highest BCUT2D eigenvalue weighted by molar-refractivity contribution is 5.17. The first-order valence-electron chi connectivity index (χ1n) is 6.55. The Morgan fingerprint density at radius 3 is 2.72 bits per heavy atom. The molecular weight excluding hydrogens is 229 g/mol. The van der Waals surface area contributed by atoms with E-state index >= 15 is 0 Å². The third-order valence-electron chi connectivity index (χ3n) is 2.84.